The summed E-state index contributed by atoms with van der Waals surface area (Å²) < 4.78 is 55.0. The zero-order valence-electron chi connectivity index (χ0n) is 8.84. The van der Waals surface area contributed by atoms with Crippen LogP contribution in [0.3, 0.4) is 0 Å². The standard InChI is InChI=1S/C10H9F4NO2/c1-2-17-7(16)4-5-3-6(8(11)12)10(14)15-9(5)13/h3,8H,2,4H2,1H3. The zero-order valence-corrected chi connectivity index (χ0v) is 8.84. The summed E-state index contributed by atoms with van der Waals surface area (Å²) >= 11 is 0. The summed E-state index contributed by atoms with van der Waals surface area (Å²) in [6.45, 7) is 1.62. The number of aromatic nitrogens is 1. The van der Waals surface area contributed by atoms with Crippen LogP contribution < -0.4 is 0 Å². The summed E-state index contributed by atoms with van der Waals surface area (Å²) in [4.78, 5) is 13.7. The Hall–Kier alpha value is -1.66. The molecule has 1 heterocycles. The number of carbonyl (C=O) groups is 1. The summed E-state index contributed by atoms with van der Waals surface area (Å²) in [7, 11) is 0. The van der Waals surface area contributed by atoms with Crippen molar-refractivity contribution in [2.24, 2.45) is 0 Å². The van der Waals surface area contributed by atoms with Gasteiger partial charge in [0.25, 0.3) is 6.43 Å². The minimum absolute atomic E-state index is 0.0801. The number of hydrogen-bond acceptors (Lipinski definition) is 3. The average molecular weight is 251 g/mol. The fourth-order valence-corrected chi connectivity index (χ4v) is 1.17. The van der Waals surface area contributed by atoms with E-state index in [9.17, 15) is 22.4 Å². The fraction of sp³-hybridized carbons (Fsp3) is 0.400. The molecule has 1 aromatic rings. The van der Waals surface area contributed by atoms with E-state index in [0.717, 1.165) is 0 Å². The highest BCUT2D eigenvalue weighted by molar-refractivity contribution is 5.72. The van der Waals surface area contributed by atoms with Crippen LogP contribution in [0.1, 0.15) is 24.5 Å². The summed E-state index contributed by atoms with van der Waals surface area (Å²) in [5.74, 6) is -3.66. The van der Waals surface area contributed by atoms with Gasteiger partial charge in [-0.1, -0.05) is 0 Å². The van der Waals surface area contributed by atoms with E-state index in [2.05, 4.69) is 9.72 Å². The quantitative estimate of drug-likeness (QED) is 0.468. The molecule has 0 aliphatic rings. The Bertz CT molecular complexity index is 423. The molecule has 0 amide bonds. The van der Waals surface area contributed by atoms with Crippen LogP contribution in [0.4, 0.5) is 17.6 Å². The van der Waals surface area contributed by atoms with Crippen LogP contribution in [0.2, 0.25) is 0 Å². The van der Waals surface area contributed by atoms with E-state index >= 15 is 0 Å². The number of rotatable bonds is 4. The fourth-order valence-electron chi connectivity index (χ4n) is 1.17. The number of ether oxygens (including phenoxy) is 1. The van der Waals surface area contributed by atoms with Crippen molar-refractivity contribution >= 4 is 5.97 Å². The molecule has 0 N–H and O–H groups in total. The molecule has 0 spiro atoms. The molecule has 0 bridgehead atoms. The van der Waals surface area contributed by atoms with Gasteiger partial charge in [0.1, 0.15) is 0 Å². The lowest BCUT2D eigenvalue weighted by Crippen LogP contribution is -2.11. The van der Waals surface area contributed by atoms with Gasteiger partial charge in [-0.3, -0.25) is 4.79 Å². The molecule has 0 saturated heterocycles. The molecule has 94 valence electrons. The van der Waals surface area contributed by atoms with Gasteiger partial charge < -0.3 is 4.74 Å². The van der Waals surface area contributed by atoms with E-state index in [1.807, 2.05) is 0 Å². The molecule has 7 heteroatoms. The Kier molecular flexibility index (Phi) is 4.42. The van der Waals surface area contributed by atoms with Crippen LogP contribution >= 0.6 is 0 Å². The van der Waals surface area contributed by atoms with Crippen molar-refractivity contribution in [3.63, 3.8) is 0 Å². The highest BCUT2D eigenvalue weighted by Gasteiger charge is 2.20. The first-order chi connectivity index (χ1) is 7.95. The van der Waals surface area contributed by atoms with Crippen LogP contribution in [0, 0.1) is 11.9 Å². The molecule has 0 aromatic carbocycles. The Morgan fingerprint density at radius 3 is 2.59 bits per heavy atom. The van der Waals surface area contributed by atoms with Crippen LogP contribution in [0.25, 0.3) is 0 Å². The van der Waals surface area contributed by atoms with Crippen molar-refractivity contribution in [1.29, 1.82) is 0 Å². The maximum absolute atomic E-state index is 13.1. The highest BCUT2D eigenvalue weighted by Crippen LogP contribution is 2.23. The largest absolute Gasteiger partial charge is 0.466 e. The minimum Gasteiger partial charge on any atom is -0.466 e. The minimum atomic E-state index is -3.12. The third-order valence-corrected chi connectivity index (χ3v) is 1.90. The summed E-state index contributed by atoms with van der Waals surface area (Å²) in [5.41, 5.74) is -1.45. The van der Waals surface area contributed by atoms with E-state index in [0.29, 0.717) is 6.07 Å². The summed E-state index contributed by atoms with van der Waals surface area (Å²) in [6, 6.07) is 0.583. The average Bonchev–Trinajstić information content (AvgIpc) is 2.21. The second kappa shape index (κ2) is 5.60. The molecule has 0 aliphatic heterocycles. The van der Waals surface area contributed by atoms with Crippen molar-refractivity contribution in [2.45, 2.75) is 19.8 Å². The number of nitrogens with zero attached hydrogens (tertiary/aromatic N) is 1. The number of carbonyl (C=O) groups excluding carboxylic acids is 1. The van der Waals surface area contributed by atoms with E-state index in [1.54, 1.807) is 6.92 Å². The molecule has 3 nitrogen and oxygen atoms in total. The first kappa shape index (κ1) is 13.4. The lowest BCUT2D eigenvalue weighted by molar-refractivity contribution is -0.142. The normalized spacial score (nSPS) is 10.7. The van der Waals surface area contributed by atoms with Gasteiger partial charge in [0.05, 0.1) is 18.6 Å². The van der Waals surface area contributed by atoms with Gasteiger partial charge in [-0.05, 0) is 13.0 Å². The van der Waals surface area contributed by atoms with E-state index in [-0.39, 0.29) is 6.61 Å². The van der Waals surface area contributed by atoms with Crippen LogP contribution in [0.15, 0.2) is 6.07 Å². The Morgan fingerprint density at radius 1 is 1.41 bits per heavy atom. The monoisotopic (exact) mass is 251 g/mol. The van der Waals surface area contributed by atoms with Gasteiger partial charge in [-0.2, -0.15) is 13.8 Å². The van der Waals surface area contributed by atoms with Gasteiger partial charge in [0, 0.05) is 5.56 Å². The third kappa shape index (κ3) is 3.40. The molecule has 1 rings (SSSR count). The van der Waals surface area contributed by atoms with Crippen molar-refractivity contribution in [3.8, 4) is 0 Å². The number of esters is 1. The predicted molar refractivity (Wildman–Crippen MR) is 49.4 cm³/mol. The Balaban J connectivity index is 2.99. The maximum Gasteiger partial charge on any atom is 0.310 e. The Labute approximate surface area is 94.4 Å². The zero-order chi connectivity index (χ0) is 13.0. The van der Waals surface area contributed by atoms with E-state index in [1.165, 1.54) is 0 Å². The molecule has 0 atom stereocenters. The predicted octanol–water partition coefficient (Wildman–Crippen LogP) is 2.40. The molecule has 0 aliphatic carbocycles. The topological polar surface area (TPSA) is 39.2 Å². The number of pyridine rings is 1. The molecule has 0 fully saturated rings. The maximum atomic E-state index is 13.1. The van der Waals surface area contributed by atoms with Crippen molar-refractivity contribution in [1.82, 2.24) is 4.98 Å². The number of alkyl halides is 2. The lowest BCUT2D eigenvalue weighted by atomic mass is 10.1. The molecule has 0 saturated carbocycles. The van der Waals surface area contributed by atoms with Gasteiger partial charge in [-0.15, -0.1) is 0 Å². The first-order valence-electron chi connectivity index (χ1n) is 4.74. The number of hydrogen-bond donors (Lipinski definition) is 0. The van der Waals surface area contributed by atoms with Crippen LogP contribution in [0.5, 0.6) is 0 Å². The molecular formula is C10H9F4NO2. The van der Waals surface area contributed by atoms with Gasteiger partial charge in [-0.25, -0.2) is 8.78 Å². The van der Waals surface area contributed by atoms with Crippen molar-refractivity contribution in [2.75, 3.05) is 6.61 Å². The second-order valence-electron chi connectivity index (χ2n) is 3.10. The molecular weight excluding hydrogens is 242 g/mol. The molecule has 0 unspecified atom stereocenters. The van der Waals surface area contributed by atoms with E-state index < -0.39 is 41.8 Å². The second-order valence-corrected chi connectivity index (χ2v) is 3.10. The SMILES string of the molecule is CCOC(=O)Cc1cc(C(F)F)c(F)nc1F. The Morgan fingerprint density at radius 2 is 2.06 bits per heavy atom. The van der Waals surface area contributed by atoms with Crippen molar-refractivity contribution < 1.29 is 27.1 Å². The van der Waals surface area contributed by atoms with E-state index in [4.69, 9.17) is 0 Å². The smallest absolute Gasteiger partial charge is 0.310 e. The molecule has 0 radical (unpaired) electrons. The lowest BCUT2D eigenvalue weighted by Gasteiger charge is -2.06. The van der Waals surface area contributed by atoms with Crippen molar-refractivity contribution in [3.05, 3.63) is 29.1 Å². The summed E-state index contributed by atoms with van der Waals surface area (Å²) in [6.07, 6.45) is -3.68. The van der Waals surface area contributed by atoms with Crippen LogP contribution in [-0.4, -0.2) is 17.6 Å². The third-order valence-electron chi connectivity index (χ3n) is 1.90. The van der Waals surface area contributed by atoms with Crippen LogP contribution in [-0.2, 0) is 16.0 Å². The molecule has 17 heavy (non-hydrogen) atoms. The first-order valence-corrected chi connectivity index (χ1v) is 4.74. The van der Waals surface area contributed by atoms with Gasteiger partial charge in [0.15, 0.2) is 0 Å². The van der Waals surface area contributed by atoms with Gasteiger partial charge in [0.2, 0.25) is 11.9 Å². The number of halogens is 4. The highest BCUT2D eigenvalue weighted by atomic mass is 19.3. The summed E-state index contributed by atoms with van der Waals surface area (Å²) in [5, 5.41) is 0. The van der Waals surface area contributed by atoms with Gasteiger partial charge >= 0.3 is 5.97 Å². The molecule has 1 aromatic heterocycles.